The van der Waals surface area contributed by atoms with Crippen molar-refractivity contribution in [2.24, 2.45) is 11.3 Å². The predicted molar refractivity (Wildman–Crippen MR) is 151 cm³/mol. The van der Waals surface area contributed by atoms with E-state index >= 15 is 0 Å². The van der Waals surface area contributed by atoms with E-state index in [1.165, 1.54) is 16.6 Å². The first kappa shape index (κ1) is 28.0. The number of thiophene rings is 1. The zero-order valence-corrected chi connectivity index (χ0v) is 24.5. The van der Waals surface area contributed by atoms with Crippen LogP contribution in [0.3, 0.4) is 0 Å². The van der Waals surface area contributed by atoms with Crippen LogP contribution in [0.4, 0.5) is 5.00 Å². The number of ether oxygens (including phenoxy) is 2. The van der Waals surface area contributed by atoms with Crippen LogP contribution in [-0.4, -0.2) is 40.6 Å². The smallest absolute Gasteiger partial charge is 0.235 e. The summed E-state index contributed by atoms with van der Waals surface area (Å²) < 4.78 is 12.8. The minimum absolute atomic E-state index is 0.149. The summed E-state index contributed by atoms with van der Waals surface area (Å²) in [6.07, 6.45) is 3.51. The van der Waals surface area contributed by atoms with Crippen molar-refractivity contribution in [3.05, 3.63) is 45.6 Å². The second kappa shape index (κ2) is 11.8. The monoisotopic (exact) mass is 553 g/mol. The summed E-state index contributed by atoms with van der Waals surface area (Å²) in [6, 6.07) is 8.13. The van der Waals surface area contributed by atoms with Crippen molar-refractivity contribution in [3.8, 4) is 17.6 Å². The van der Waals surface area contributed by atoms with Gasteiger partial charge in [0.25, 0.3) is 0 Å². The summed E-state index contributed by atoms with van der Waals surface area (Å²) in [5.74, 6) is 2.77. The molecule has 1 aromatic carbocycles. The van der Waals surface area contributed by atoms with E-state index in [-0.39, 0.29) is 17.1 Å². The van der Waals surface area contributed by atoms with Gasteiger partial charge in [0.05, 0.1) is 25.5 Å². The van der Waals surface area contributed by atoms with E-state index < -0.39 is 0 Å². The maximum absolute atomic E-state index is 12.9. The molecule has 0 aliphatic heterocycles. The molecule has 1 N–H and O–H groups in total. The SMILES string of the molecule is CCn1c(Cc2ccc(OC)c(OC)c2)nnc1SCC(=O)Nc1sc2c(c1C#N)CC[C@H](C(C)(C)C)C2. The highest BCUT2D eigenvalue weighted by molar-refractivity contribution is 7.99. The lowest BCUT2D eigenvalue weighted by atomic mass is 9.72. The number of nitrogens with zero attached hydrogens (tertiary/aromatic N) is 4. The number of benzene rings is 1. The van der Waals surface area contributed by atoms with Crippen molar-refractivity contribution >= 4 is 34.0 Å². The molecule has 3 aromatic rings. The van der Waals surface area contributed by atoms with Crippen LogP contribution in [0.25, 0.3) is 0 Å². The van der Waals surface area contributed by atoms with Gasteiger partial charge < -0.3 is 19.4 Å². The average molecular weight is 554 g/mol. The zero-order chi connectivity index (χ0) is 27.4. The third kappa shape index (κ3) is 6.00. The Morgan fingerprint density at radius 2 is 2.03 bits per heavy atom. The van der Waals surface area contributed by atoms with Gasteiger partial charge in [-0.05, 0) is 60.8 Å². The fourth-order valence-electron chi connectivity index (χ4n) is 4.87. The number of thioether (sulfide) groups is 1. The highest BCUT2D eigenvalue weighted by Gasteiger charge is 2.32. The van der Waals surface area contributed by atoms with Gasteiger partial charge in [-0.3, -0.25) is 4.79 Å². The summed E-state index contributed by atoms with van der Waals surface area (Å²) in [5.41, 5.74) is 3.00. The molecule has 2 heterocycles. The molecule has 0 saturated heterocycles. The fraction of sp³-hybridized carbons (Fsp3) is 0.500. The number of nitriles is 1. The van der Waals surface area contributed by atoms with Crippen molar-refractivity contribution in [3.63, 3.8) is 0 Å². The molecule has 0 fully saturated rings. The van der Waals surface area contributed by atoms with Crippen LogP contribution >= 0.6 is 23.1 Å². The lowest BCUT2D eigenvalue weighted by Crippen LogP contribution is -2.26. The number of amides is 1. The molecule has 0 spiro atoms. The molecular formula is C28H35N5O3S2. The van der Waals surface area contributed by atoms with Gasteiger partial charge in [-0.1, -0.05) is 38.6 Å². The van der Waals surface area contributed by atoms with Crippen LogP contribution in [0.15, 0.2) is 23.4 Å². The third-order valence-corrected chi connectivity index (χ3v) is 9.24. The molecule has 8 nitrogen and oxygen atoms in total. The average Bonchev–Trinajstić information content (AvgIpc) is 3.45. The largest absolute Gasteiger partial charge is 0.493 e. The Hall–Kier alpha value is -3.03. The Bertz CT molecular complexity index is 1350. The Balaban J connectivity index is 1.42. The lowest BCUT2D eigenvalue weighted by molar-refractivity contribution is -0.113. The number of anilines is 1. The van der Waals surface area contributed by atoms with Crippen LogP contribution in [0, 0.1) is 22.7 Å². The number of carbonyl (C=O) groups is 1. The van der Waals surface area contributed by atoms with E-state index in [2.05, 4.69) is 42.4 Å². The highest BCUT2D eigenvalue weighted by Crippen LogP contribution is 2.44. The first-order valence-corrected chi connectivity index (χ1v) is 14.6. The van der Waals surface area contributed by atoms with E-state index in [4.69, 9.17) is 9.47 Å². The van der Waals surface area contributed by atoms with Gasteiger partial charge in [-0.2, -0.15) is 5.26 Å². The summed E-state index contributed by atoms with van der Waals surface area (Å²) in [7, 11) is 3.23. The molecule has 2 aromatic heterocycles. The first-order chi connectivity index (χ1) is 18.2. The van der Waals surface area contributed by atoms with E-state index in [1.807, 2.05) is 29.7 Å². The van der Waals surface area contributed by atoms with Crippen LogP contribution in [0.1, 0.15) is 61.5 Å². The standard InChI is InChI=1S/C28H35N5O3S2/c1-7-33-24(13-17-8-11-21(35-5)22(12-17)36-6)31-32-27(33)37-16-25(34)30-26-20(15-29)19-10-9-18(28(2,3)4)14-23(19)38-26/h8,11-12,18H,7,9-10,13-14,16H2,1-6H3,(H,30,34)/t18-/m0/s1. The number of aromatic nitrogens is 3. The number of methoxy groups -OCH3 is 2. The minimum Gasteiger partial charge on any atom is -0.493 e. The molecule has 0 unspecified atom stereocenters. The molecule has 4 rings (SSSR count). The van der Waals surface area contributed by atoms with Crippen LogP contribution < -0.4 is 14.8 Å². The van der Waals surface area contributed by atoms with Crippen LogP contribution in [0.5, 0.6) is 11.5 Å². The molecule has 10 heteroatoms. The number of carbonyl (C=O) groups excluding carboxylic acids is 1. The van der Waals surface area contributed by atoms with Crippen LogP contribution in [-0.2, 0) is 30.6 Å². The quantitative estimate of drug-likeness (QED) is 0.338. The molecule has 0 bridgehead atoms. The summed E-state index contributed by atoms with van der Waals surface area (Å²) in [6.45, 7) is 9.54. The second-order valence-electron chi connectivity index (χ2n) is 10.5. The van der Waals surface area contributed by atoms with Crippen LogP contribution in [0.2, 0.25) is 0 Å². The summed E-state index contributed by atoms with van der Waals surface area (Å²) in [4.78, 5) is 14.1. The van der Waals surface area contributed by atoms with Gasteiger partial charge in [-0.25, -0.2) is 0 Å². The molecule has 202 valence electrons. The Morgan fingerprint density at radius 3 is 2.68 bits per heavy atom. The fourth-order valence-corrected chi connectivity index (χ4v) is 6.99. The molecule has 1 amide bonds. The van der Waals surface area contributed by atoms with Gasteiger partial charge >= 0.3 is 0 Å². The molecular weight excluding hydrogens is 518 g/mol. The molecule has 1 atom stereocenters. The Labute approximate surface area is 232 Å². The van der Waals surface area contributed by atoms with Crippen molar-refractivity contribution in [1.29, 1.82) is 5.26 Å². The minimum atomic E-state index is -0.149. The number of fused-ring (bicyclic) bond motifs is 1. The van der Waals surface area contributed by atoms with E-state index in [0.29, 0.717) is 46.1 Å². The molecule has 1 aliphatic carbocycles. The molecule has 1 aliphatic rings. The number of hydrogen-bond donors (Lipinski definition) is 1. The molecule has 0 saturated carbocycles. The van der Waals surface area contributed by atoms with Gasteiger partial charge in [0.1, 0.15) is 16.9 Å². The third-order valence-electron chi connectivity index (χ3n) is 7.11. The topological polar surface area (TPSA) is 102 Å². The number of rotatable bonds is 9. The van der Waals surface area contributed by atoms with Gasteiger partial charge in [-0.15, -0.1) is 21.5 Å². The molecule has 0 radical (unpaired) electrons. The zero-order valence-electron chi connectivity index (χ0n) is 22.9. The van der Waals surface area contributed by atoms with Crippen molar-refractivity contribution < 1.29 is 14.3 Å². The Kier molecular flexibility index (Phi) is 8.68. The van der Waals surface area contributed by atoms with Gasteiger partial charge in [0.2, 0.25) is 5.91 Å². The van der Waals surface area contributed by atoms with E-state index in [1.54, 1.807) is 25.6 Å². The first-order valence-electron chi connectivity index (χ1n) is 12.8. The van der Waals surface area contributed by atoms with E-state index in [9.17, 15) is 10.1 Å². The number of hydrogen-bond acceptors (Lipinski definition) is 8. The van der Waals surface area contributed by atoms with Crippen molar-refractivity contribution in [2.45, 2.75) is 65.1 Å². The highest BCUT2D eigenvalue weighted by atomic mass is 32.2. The van der Waals surface area contributed by atoms with Crippen molar-refractivity contribution in [2.75, 3.05) is 25.3 Å². The lowest BCUT2D eigenvalue weighted by Gasteiger charge is -2.33. The summed E-state index contributed by atoms with van der Waals surface area (Å²) >= 11 is 2.91. The van der Waals surface area contributed by atoms with Crippen molar-refractivity contribution in [1.82, 2.24) is 14.8 Å². The second-order valence-corrected chi connectivity index (χ2v) is 12.5. The van der Waals surface area contributed by atoms with E-state index in [0.717, 1.165) is 36.2 Å². The maximum atomic E-state index is 12.9. The maximum Gasteiger partial charge on any atom is 0.235 e. The summed E-state index contributed by atoms with van der Waals surface area (Å²) in [5, 5.41) is 22.9. The normalized spacial score (nSPS) is 15.0. The van der Waals surface area contributed by atoms with Gasteiger partial charge in [0.15, 0.2) is 16.7 Å². The Morgan fingerprint density at radius 1 is 1.26 bits per heavy atom. The molecule has 38 heavy (non-hydrogen) atoms. The predicted octanol–water partition coefficient (Wildman–Crippen LogP) is 5.72. The van der Waals surface area contributed by atoms with Gasteiger partial charge in [0, 0.05) is 17.8 Å². The number of nitrogens with one attached hydrogen (secondary N) is 1.